The van der Waals surface area contributed by atoms with E-state index in [1.54, 1.807) is 0 Å². The van der Waals surface area contributed by atoms with Crippen LogP contribution in [0.25, 0.3) is 0 Å². The van der Waals surface area contributed by atoms with Crippen molar-refractivity contribution in [3.8, 4) is 0 Å². The summed E-state index contributed by atoms with van der Waals surface area (Å²) in [6.07, 6.45) is -4.90. The number of carbonyl (C=O) groups is 1. The van der Waals surface area contributed by atoms with Crippen molar-refractivity contribution < 1.29 is 33.5 Å². The van der Waals surface area contributed by atoms with Gasteiger partial charge in [0.25, 0.3) is 0 Å². The van der Waals surface area contributed by atoms with Gasteiger partial charge in [0.1, 0.15) is 5.69 Å². The fourth-order valence-electron chi connectivity index (χ4n) is 1.18. The maximum Gasteiger partial charge on any atom is 0.418 e. The van der Waals surface area contributed by atoms with E-state index < -0.39 is 39.9 Å². The second-order valence-electron chi connectivity index (χ2n) is 3.05. The first-order valence-corrected chi connectivity index (χ1v) is 4.06. The van der Waals surface area contributed by atoms with Crippen molar-refractivity contribution in [2.24, 2.45) is 0 Å². The molecule has 0 saturated carbocycles. The second-order valence-corrected chi connectivity index (χ2v) is 3.05. The highest BCUT2D eigenvalue weighted by atomic mass is 19.4. The van der Waals surface area contributed by atoms with Crippen LogP contribution in [0.1, 0.15) is 15.9 Å². The summed E-state index contributed by atoms with van der Waals surface area (Å²) in [4.78, 5) is 10.6. The third-order valence-electron chi connectivity index (χ3n) is 1.92. The Kier molecular flexibility index (Phi) is 3.16. The van der Waals surface area contributed by atoms with E-state index in [1.165, 1.54) is 0 Å². The molecule has 0 atom stereocenters. The van der Waals surface area contributed by atoms with E-state index in [2.05, 4.69) is 0 Å². The Balaban J connectivity index is 3.53. The Labute approximate surface area is 92.2 Å². The lowest BCUT2D eigenvalue weighted by Crippen LogP contribution is -2.19. The smallest absolute Gasteiger partial charge is 0.418 e. The predicted octanol–water partition coefficient (Wildman–Crippen LogP) is 1.57. The number of alkyl halides is 3. The molecule has 0 amide bonds. The summed E-state index contributed by atoms with van der Waals surface area (Å²) in [5.41, 5.74) is 1.26. The summed E-state index contributed by atoms with van der Waals surface area (Å²) in [7, 11) is 0. The summed E-state index contributed by atoms with van der Waals surface area (Å²) >= 11 is 0. The Morgan fingerprint density at radius 2 is 1.82 bits per heavy atom. The highest BCUT2D eigenvalue weighted by molar-refractivity contribution is 5.95. The number of carboxylic acid groups (broad SMARTS) is 1. The molecule has 1 aromatic carbocycles. The molecule has 0 fully saturated rings. The molecule has 0 aliphatic heterocycles. The Bertz CT molecular complexity index is 459. The summed E-state index contributed by atoms with van der Waals surface area (Å²) in [5.74, 6) is -1.58. The fraction of sp³-hybridized carbons (Fsp3) is 0.125. The number of hydrogen-bond acceptors (Lipinski definition) is 5. The van der Waals surface area contributed by atoms with Crippen molar-refractivity contribution in [2.45, 2.75) is 6.18 Å². The minimum atomic E-state index is -4.90. The van der Waals surface area contributed by atoms with Crippen LogP contribution in [-0.4, -0.2) is 21.5 Å². The molecule has 0 aromatic heterocycles. The number of nitrogen functional groups attached to an aromatic ring is 1. The number of benzene rings is 1. The first-order valence-electron chi connectivity index (χ1n) is 4.06. The van der Waals surface area contributed by atoms with Crippen LogP contribution in [0.5, 0.6) is 0 Å². The van der Waals surface area contributed by atoms with Gasteiger partial charge in [-0.15, -0.1) is 5.23 Å². The first-order chi connectivity index (χ1) is 7.64. The molecule has 0 unspecified atom stereocenters. The molecule has 9 heteroatoms. The number of carboxylic acids is 1. The van der Waals surface area contributed by atoms with E-state index in [9.17, 15) is 18.0 Å². The number of halogens is 3. The normalized spacial score (nSPS) is 11.4. The summed E-state index contributed by atoms with van der Waals surface area (Å²) in [6.45, 7) is 0. The van der Waals surface area contributed by atoms with Gasteiger partial charge in [0.15, 0.2) is 0 Å². The molecule has 0 aliphatic rings. The zero-order valence-electron chi connectivity index (χ0n) is 8.06. The van der Waals surface area contributed by atoms with Crippen molar-refractivity contribution in [3.05, 3.63) is 23.3 Å². The molecule has 94 valence electrons. The van der Waals surface area contributed by atoms with Crippen LogP contribution < -0.4 is 11.0 Å². The van der Waals surface area contributed by atoms with Gasteiger partial charge in [0.05, 0.1) is 11.1 Å². The quantitative estimate of drug-likeness (QED) is 0.470. The van der Waals surface area contributed by atoms with E-state index >= 15 is 0 Å². The standard InChI is InChI=1S/C8H7F3N2O4/c9-8(10,11)4-2-5(12)3(7(14)15)1-6(4)13(16)17/h1-2,16-17H,12H2,(H,14,15). The number of hydrogen-bond donors (Lipinski definition) is 4. The van der Waals surface area contributed by atoms with E-state index in [0.29, 0.717) is 12.1 Å². The SMILES string of the molecule is Nc1cc(C(F)(F)F)c(N(O)O)cc1C(=O)O. The van der Waals surface area contributed by atoms with Gasteiger partial charge in [-0.05, 0) is 12.1 Å². The summed E-state index contributed by atoms with van der Waals surface area (Å²) in [5, 5.41) is 25.1. The van der Waals surface area contributed by atoms with Crippen LogP contribution in [0.2, 0.25) is 0 Å². The van der Waals surface area contributed by atoms with Gasteiger partial charge in [0.2, 0.25) is 0 Å². The number of nitrogens with two attached hydrogens (primary N) is 1. The molecule has 0 heterocycles. The molecule has 0 bridgehead atoms. The van der Waals surface area contributed by atoms with Crippen LogP contribution >= 0.6 is 0 Å². The lowest BCUT2D eigenvalue weighted by Gasteiger charge is -2.17. The molecule has 1 aromatic rings. The van der Waals surface area contributed by atoms with E-state index in [4.69, 9.17) is 21.3 Å². The van der Waals surface area contributed by atoms with Gasteiger partial charge in [-0.2, -0.15) is 13.2 Å². The maximum absolute atomic E-state index is 12.5. The lowest BCUT2D eigenvalue weighted by atomic mass is 10.1. The lowest BCUT2D eigenvalue weighted by molar-refractivity contribution is -0.138. The van der Waals surface area contributed by atoms with E-state index in [1.807, 2.05) is 0 Å². The van der Waals surface area contributed by atoms with Gasteiger partial charge in [0, 0.05) is 5.69 Å². The molecule has 0 aliphatic carbocycles. The zero-order chi connectivity index (χ0) is 13.4. The van der Waals surface area contributed by atoms with Crippen LogP contribution in [0.3, 0.4) is 0 Å². The molecule has 0 spiro atoms. The van der Waals surface area contributed by atoms with Gasteiger partial charge >= 0.3 is 12.1 Å². The average molecular weight is 252 g/mol. The number of rotatable bonds is 2. The molecular formula is C8H7F3N2O4. The molecule has 6 nitrogen and oxygen atoms in total. The monoisotopic (exact) mass is 252 g/mol. The highest BCUT2D eigenvalue weighted by Crippen LogP contribution is 2.38. The van der Waals surface area contributed by atoms with E-state index in [0.717, 1.165) is 0 Å². The summed E-state index contributed by atoms with van der Waals surface area (Å²) in [6, 6.07) is 0.735. The van der Waals surface area contributed by atoms with Crippen molar-refractivity contribution in [1.29, 1.82) is 0 Å². The topological polar surface area (TPSA) is 107 Å². The minimum absolute atomic E-state index is 0.318. The number of nitrogens with zero attached hydrogens (tertiary/aromatic N) is 1. The molecule has 0 saturated heterocycles. The Morgan fingerprint density at radius 3 is 2.18 bits per heavy atom. The number of anilines is 2. The summed E-state index contributed by atoms with van der Waals surface area (Å²) < 4.78 is 37.4. The van der Waals surface area contributed by atoms with Crippen molar-refractivity contribution in [2.75, 3.05) is 11.0 Å². The van der Waals surface area contributed by atoms with Crippen molar-refractivity contribution >= 4 is 17.3 Å². The highest BCUT2D eigenvalue weighted by Gasteiger charge is 2.36. The largest absolute Gasteiger partial charge is 0.478 e. The van der Waals surface area contributed by atoms with Crippen LogP contribution in [0, 0.1) is 0 Å². The zero-order valence-corrected chi connectivity index (χ0v) is 8.06. The molecular weight excluding hydrogens is 245 g/mol. The van der Waals surface area contributed by atoms with Gasteiger partial charge in [-0.1, -0.05) is 0 Å². The molecule has 17 heavy (non-hydrogen) atoms. The Morgan fingerprint density at radius 1 is 1.29 bits per heavy atom. The second kappa shape index (κ2) is 4.11. The fourth-order valence-corrected chi connectivity index (χ4v) is 1.18. The van der Waals surface area contributed by atoms with Crippen LogP contribution in [0.15, 0.2) is 12.1 Å². The molecule has 5 N–H and O–H groups in total. The average Bonchev–Trinajstić information content (AvgIpc) is 2.14. The molecule has 0 radical (unpaired) electrons. The van der Waals surface area contributed by atoms with Crippen molar-refractivity contribution in [3.63, 3.8) is 0 Å². The third kappa shape index (κ3) is 2.57. The minimum Gasteiger partial charge on any atom is -0.478 e. The van der Waals surface area contributed by atoms with E-state index in [-0.39, 0.29) is 0 Å². The van der Waals surface area contributed by atoms with Crippen molar-refractivity contribution in [1.82, 2.24) is 0 Å². The van der Waals surface area contributed by atoms with Crippen LogP contribution in [0.4, 0.5) is 24.5 Å². The van der Waals surface area contributed by atoms with Gasteiger partial charge < -0.3 is 10.8 Å². The third-order valence-corrected chi connectivity index (χ3v) is 1.92. The number of aromatic carboxylic acids is 1. The first kappa shape index (κ1) is 13.1. The molecule has 1 rings (SSSR count). The van der Waals surface area contributed by atoms with Gasteiger partial charge in [-0.3, -0.25) is 10.4 Å². The predicted molar refractivity (Wildman–Crippen MR) is 48.9 cm³/mol. The maximum atomic E-state index is 12.5. The van der Waals surface area contributed by atoms with Crippen LogP contribution in [-0.2, 0) is 6.18 Å². The van der Waals surface area contributed by atoms with Gasteiger partial charge in [-0.25, -0.2) is 4.79 Å². The Hall–Kier alpha value is -2.00.